The number of hydrogen-bond donors (Lipinski definition) is 2. The van der Waals surface area contributed by atoms with Crippen molar-refractivity contribution >= 4 is 24.0 Å². The summed E-state index contributed by atoms with van der Waals surface area (Å²) in [6.45, 7) is 3.47. The molecule has 0 saturated carbocycles. The average Bonchev–Trinajstić information content (AvgIpc) is 2.35. The van der Waals surface area contributed by atoms with Crippen LogP contribution in [0, 0.1) is 0 Å². The predicted molar refractivity (Wildman–Crippen MR) is 76.6 cm³/mol. The van der Waals surface area contributed by atoms with Crippen LogP contribution >= 0.6 is 12.4 Å². The molecule has 0 atom stereocenters. The van der Waals surface area contributed by atoms with E-state index in [2.05, 4.69) is 17.6 Å². The van der Waals surface area contributed by atoms with Gasteiger partial charge in [-0.15, -0.1) is 12.4 Å². The number of carbonyl (C=O) groups is 1. The van der Waals surface area contributed by atoms with Crippen LogP contribution in [0.5, 0.6) is 5.75 Å². The second kappa shape index (κ2) is 9.74. The molecule has 0 saturated heterocycles. The Morgan fingerprint density at radius 3 is 2.50 bits per heavy atom. The van der Waals surface area contributed by atoms with Crippen LogP contribution in [-0.4, -0.2) is 26.1 Å². The first-order valence-corrected chi connectivity index (χ1v) is 5.93. The number of nitrogens with one attached hydrogen (secondary N) is 2. The third-order valence-corrected chi connectivity index (χ3v) is 2.21. The van der Waals surface area contributed by atoms with Crippen LogP contribution in [0.3, 0.4) is 0 Å². The summed E-state index contributed by atoms with van der Waals surface area (Å²) in [6.07, 6.45) is 1.47. The molecule has 0 aliphatic carbocycles. The summed E-state index contributed by atoms with van der Waals surface area (Å²) in [5.41, 5.74) is 0.801. The summed E-state index contributed by atoms with van der Waals surface area (Å²) in [5.74, 6) is 0.849. The van der Waals surface area contributed by atoms with Crippen molar-refractivity contribution in [1.29, 1.82) is 0 Å². The van der Waals surface area contributed by atoms with Crippen molar-refractivity contribution in [1.82, 2.24) is 5.32 Å². The fraction of sp³-hybridized carbons (Fsp3) is 0.462. The Kier molecular flexibility index (Phi) is 9.06. The first-order chi connectivity index (χ1) is 8.26. The molecule has 1 rings (SSSR count). The van der Waals surface area contributed by atoms with Crippen LogP contribution in [-0.2, 0) is 4.79 Å². The van der Waals surface area contributed by atoms with Gasteiger partial charge in [0.2, 0.25) is 5.91 Å². The minimum atomic E-state index is 0. The zero-order chi connectivity index (χ0) is 12.5. The summed E-state index contributed by atoms with van der Waals surface area (Å²) in [6, 6.07) is 7.43. The zero-order valence-electron chi connectivity index (χ0n) is 10.9. The Labute approximate surface area is 115 Å². The number of anilines is 1. The fourth-order valence-electron chi connectivity index (χ4n) is 1.32. The lowest BCUT2D eigenvalue weighted by Crippen LogP contribution is -2.18. The Morgan fingerprint density at radius 1 is 1.28 bits per heavy atom. The lowest BCUT2D eigenvalue weighted by Gasteiger charge is -2.07. The second-order valence-corrected chi connectivity index (χ2v) is 3.77. The van der Waals surface area contributed by atoms with E-state index in [1.54, 1.807) is 0 Å². The molecular weight excluding hydrogens is 252 g/mol. The molecule has 1 aromatic carbocycles. The maximum atomic E-state index is 11.4. The van der Waals surface area contributed by atoms with E-state index in [0.717, 1.165) is 17.9 Å². The number of benzene rings is 1. The van der Waals surface area contributed by atoms with Crippen LogP contribution in [0.1, 0.15) is 19.8 Å². The third-order valence-electron chi connectivity index (χ3n) is 2.21. The monoisotopic (exact) mass is 272 g/mol. The van der Waals surface area contributed by atoms with Gasteiger partial charge in [-0.1, -0.05) is 6.92 Å². The molecule has 0 fully saturated rings. The normalized spacial score (nSPS) is 9.44. The van der Waals surface area contributed by atoms with E-state index >= 15 is 0 Å². The van der Waals surface area contributed by atoms with Crippen LogP contribution in [0.2, 0.25) is 0 Å². The van der Waals surface area contributed by atoms with Crippen molar-refractivity contribution in [2.75, 3.05) is 25.5 Å². The van der Waals surface area contributed by atoms with Gasteiger partial charge < -0.3 is 15.4 Å². The van der Waals surface area contributed by atoms with E-state index in [4.69, 9.17) is 4.74 Å². The molecule has 0 aliphatic heterocycles. The molecule has 5 heteroatoms. The maximum Gasteiger partial charge on any atom is 0.225 e. The average molecular weight is 273 g/mol. The van der Waals surface area contributed by atoms with Gasteiger partial charge in [0.25, 0.3) is 0 Å². The molecule has 0 aliphatic rings. The summed E-state index contributed by atoms with van der Waals surface area (Å²) >= 11 is 0. The molecule has 0 radical (unpaired) electrons. The van der Waals surface area contributed by atoms with Crippen molar-refractivity contribution in [2.24, 2.45) is 0 Å². The third kappa shape index (κ3) is 6.47. The van der Waals surface area contributed by atoms with Gasteiger partial charge in [-0.2, -0.15) is 0 Å². The van der Waals surface area contributed by atoms with Crippen molar-refractivity contribution in [3.8, 4) is 5.75 Å². The lowest BCUT2D eigenvalue weighted by molar-refractivity contribution is -0.116. The van der Waals surface area contributed by atoms with E-state index in [0.29, 0.717) is 19.6 Å². The lowest BCUT2D eigenvalue weighted by atomic mass is 10.3. The summed E-state index contributed by atoms with van der Waals surface area (Å²) < 4.78 is 5.46. The Bertz CT molecular complexity index is 341. The summed E-state index contributed by atoms with van der Waals surface area (Å²) in [7, 11) is 1.83. The molecule has 102 valence electrons. The van der Waals surface area contributed by atoms with Gasteiger partial charge in [0.1, 0.15) is 5.75 Å². The molecule has 0 unspecified atom stereocenters. The minimum absolute atomic E-state index is 0. The number of amides is 1. The summed E-state index contributed by atoms with van der Waals surface area (Å²) in [5, 5.41) is 5.76. The molecular formula is C13H21ClN2O2. The van der Waals surface area contributed by atoms with Gasteiger partial charge in [0.15, 0.2) is 0 Å². The number of halogens is 1. The van der Waals surface area contributed by atoms with Crippen LogP contribution < -0.4 is 15.4 Å². The second-order valence-electron chi connectivity index (χ2n) is 3.77. The van der Waals surface area contributed by atoms with Gasteiger partial charge in [-0.25, -0.2) is 0 Å². The quantitative estimate of drug-likeness (QED) is 0.802. The summed E-state index contributed by atoms with van der Waals surface area (Å²) in [4.78, 5) is 11.4. The highest BCUT2D eigenvalue weighted by Crippen LogP contribution is 2.15. The molecule has 0 aromatic heterocycles. The molecule has 2 N–H and O–H groups in total. The molecule has 1 aromatic rings. The highest BCUT2D eigenvalue weighted by atomic mass is 35.5. The fourth-order valence-corrected chi connectivity index (χ4v) is 1.32. The van der Waals surface area contributed by atoms with Gasteiger partial charge in [-0.3, -0.25) is 4.79 Å². The smallest absolute Gasteiger partial charge is 0.225 e. The number of rotatable bonds is 7. The number of carbonyl (C=O) groups excluding carboxylic acids is 1. The van der Waals surface area contributed by atoms with E-state index in [1.165, 1.54) is 0 Å². The van der Waals surface area contributed by atoms with Crippen LogP contribution in [0.4, 0.5) is 5.69 Å². The van der Waals surface area contributed by atoms with Gasteiger partial charge in [0, 0.05) is 18.7 Å². The predicted octanol–water partition coefficient (Wildman–Crippen LogP) is 2.45. The van der Waals surface area contributed by atoms with Crippen molar-refractivity contribution in [3.63, 3.8) is 0 Å². The first kappa shape index (κ1) is 16.7. The van der Waals surface area contributed by atoms with Gasteiger partial charge >= 0.3 is 0 Å². The van der Waals surface area contributed by atoms with E-state index < -0.39 is 0 Å². The maximum absolute atomic E-state index is 11.4. The van der Waals surface area contributed by atoms with Crippen molar-refractivity contribution in [3.05, 3.63) is 24.3 Å². The molecule has 0 bridgehead atoms. The SMILES string of the molecule is CCCOc1ccc(NC(=O)CCNC)cc1.Cl. The van der Waals surface area contributed by atoms with Gasteiger partial charge in [0.05, 0.1) is 6.61 Å². The number of ether oxygens (including phenoxy) is 1. The van der Waals surface area contributed by atoms with Crippen molar-refractivity contribution < 1.29 is 9.53 Å². The van der Waals surface area contributed by atoms with Gasteiger partial charge in [-0.05, 0) is 37.7 Å². The molecule has 4 nitrogen and oxygen atoms in total. The van der Waals surface area contributed by atoms with E-state index in [-0.39, 0.29) is 18.3 Å². The highest BCUT2D eigenvalue weighted by Gasteiger charge is 2.01. The molecule has 0 spiro atoms. The zero-order valence-corrected chi connectivity index (χ0v) is 11.7. The largest absolute Gasteiger partial charge is 0.494 e. The topological polar surface area (TPSA) is 50.4 Å². The van der Waals surface area contributed by atoms with E-state index in [1.807, 2.05) is 31.3 Å². The Morgan fingerprint density at radius 2 is 1.94 bits per heavy atom. The van der Waals surface area contributed by atoms with E-state index in [9.17, 15) is 4.79 Å². The van der Waals surface area contributed by atoms with Crippen molar-refractivity contribution in [2.45, 2.75) is 19.8 Å². The molecule has 1 amide bonds. The van der Waals surface area contributed by atoms with Crippen LogP contribution in [0.15, 0.2) is 24.3 Å². The molecule has 0 heterocycles. The molecule has 18 heavy (non-hydrogen) atoms. The van der Waals surface area contributed by atoms with Crippen LogP contribution in [0.25, 0.3) is 0 Å². The number of hydrogen-bond acceptors (Lipinski definition) is 3. The Balaban J connectivity index is 0.00000289. The standard InChI is InChI=1S/C13H20N2O2.ClH/c1-3-10-17-12-6-4-11(5-7-12)15-13(16)8-9-14-2;/h4-7,14H,3,8-10H2,1-2H3,(H,15,16);1H. The first-order valence-electron chi connectivity index (χ1n) is 5.93. The Hall–Kier alpha value is -1.26. The minimum Gasteiger partial charge on any atom is -0.494 e. The highest BCUT2D eigenvalue weighted by molar-refractivity contribution is 5.90.